The van der Waals surface area contributed by atoms with Crippen molar-refractivity contribution >= 4 is 10.0 Å². The van der Waals surface area contributed by atoms with Crippen molar-refractivity contribution < 1.29 is 18.3 Å². The molecule has 3 atom stereocenters. The summed E-state index contributed by atoms with van der Waals surface area (Å²) in [5.74, 6) is 6.43. The zero-order valence-corrected chi connectivity index (χ0v) is 21.3. The average molecular weight is 486 g/mol. The van der Waals surface area contributed by atoms with Crippen LogP contribution in [-0.2, 0) is 16.6 Å². The molecule has 2 aromatic rings. The minimum absolute atomic E-state index is 0.105. The van der Waals surface area contributed by atoms with E-state index in [1.165, 1.54) is 4.31 Å². The first-order valence-electron chi connectivity index (χ1n) is 11.8. The number of aliphatic hydroxyl groups is 1. The summed E-state index contributed by atoms with van der Waals surface area (Å²) in [5, 5.41) is 9.79. The predicted octanol–water partition coefficient (Wildman–Crippen LogP) is 3.13. The third-order valence-electron chi connectivity index (χ3n) is 5.97. The summed E-state index contributed by atoms with van der Waals surface area (Å²) in [5.41, 5.74) is 1.87. The Morgan fingerprint density at radius 2 is 2.03 bits per heavy atom. The van der Waals surface area contributed by atoms with Gasteiger partial charge in [-0.3, -0.25) is 9.88 Å². The number of nitrogens with zero attached hydrogens (tertiary/aromatic N) is 3. The van der Waals surface area contributed by atoms with Gasteiger partial charge in [0.25, 0.3) is 0 Å². The van der Waals surface area contributed by atoms with Crippen LogP contribution in [0.5, 0.6) is 5.75 Å². The molecule has 7 nitrogen and oxygen atoms in total. The molecule has 8 heteroatoms. The molecule has 0 bridgehead atoms. The normalized spacial score (nSPS) is 20.9. The second-order valence-electron chi connectivity index (χ2n) is 9.01. The van der Waals surface area contributed by atoms with E-state index in [9.17, 15) is 13.5 Å². The molecule has 1 aromatic carbocycles. The Morgan fingerprint density at radius 1 is 1.29 bits per heavy atom. The second kappa shape index (κ2) is 11.8. The van der Waals surface area contributed by atoms with Crippen LogP contribution in [0.4, 0.5) is 0 Å². The summed E-state index contributed by atoms with van der Waals surface area (Å²) in [6.45, 7) is 7.12. The van der Waals surface area contributed by atoms with E-state index in [1.54, 1.807) is 37.5 Å². The van der Waals surface area contributed by atoms with Gasteiger partial charge in [-0.2, -0.15) is 4.31 Å². The molecule has 0 saturated carbocycles. The smallest absolute Gasteiger partial charge is 0.247 e. The predicted molar refractivity (Wildman–Crippen MR) is 133 cm³/mol. The lowest BCUT2D eigenvalue weighted by atomic mass is 10.0. The second-order valence-corrected chi connectivity index (χ2v) is 10.9. The largest absolute Gasteiger partial charge is 0.487 e. The number of sulfonamides is 1. The summed E-state index contributed by atoms with van der Waals surface area (Å²) in [7, 11) is -1.83. The quantitative estimate of drug-likeness (QED) is 0.607. The molecule has 34 heavy (non-hydrogen) atoms. The Hall–Kier alpha value is -2.44. The first-order chi connectivity index (χ1) is 16.3. The van der Waals surface area contributed by atoms with E-state index in [-0.39, 0.29) is 30.1 Å². The lowest BCUT2D eigenvalue weighted by Gasteiger charge is -2.37. The third kappa shape index (κ3) is 6.36. The number of likely N-dealkylation sites (N-methyl/N-ethyl adjacent to an activating group) is 1. The van der Waals surface area contributed by atoms with E-state index in [0.29, 0.717) is 12.3 Å². The van der Waals surface area contributed by atoms with Crippen molar-refractivity contribution in [3.8, 4) is 17.6 Å². The number of unbranched alkanes of at least 4 members (excludes halogenated alkanes) is 1. The zero-order chi connectivity index (χ0) is 24.7. The number of ether oxygens (including phenoxy) is 1. The maximum Gasteiger partial charge on any atom is 0.247 e. The van der Waals surface area contributed by atoms with Crippen molar-refractivity contribution in [1.29, 1.82) is 0 Å². The number of rotatable bonds is 7. The maximum atomic E-state index is 13.5. The van der Waals surface area contributed by atoms with Crippen LogP contribution in [0.2, 0.25) is 0 Å². The Balaban J connectivity index is 1.97. The van der Waals surface area contributed by atoms with Gasteiger partial charge in [-0.1, -0.05) is 25.7 Å². The first-order valence-corrected chi connectivity index (χ1v) is 13.2. The third-order valence-corrected chi connectivity index (χ3v) is 7.99. The van der Waals surface area contributed by atoms with E-state index >= 15 is 0 Å². The molecule has 0 saturated heterocycles. The van der Waals surface area contributed by atoms with E-state index in [2.05, 4.69) is 28.6 Å². The molecule has 184 valence electrons. The van der Waals surface area contributed by atoms with E-state index in [0.717, 1.165) is 30.5 Å². The molecule has 3 rings (SSSR count). The molecule has 1 N–H and O–H groups in total. The van der Waals surface area contributed by atoms with Crippen molar-refractivity contribution in [2.45, 2.75) is 57.2 Å². The highest BCUT2D eigenvalue weighted by atomic mass is 32.2. The number of benzene rings is 1. The highest BCUT2D eigenvalue weighted by Crippen LogP contribution is 2.34. The highest BCUT2D eigenvalue weighted by Gasteiger charge is 2.38. The Bertz CT molecular complexity index is 1110. The summed E-state index contributed by atoms with van der Waals surface area (Å²) in [6.07, 6.45) is 5.02. The van der Waals surface area contributed by atoms with Crippen molar-refractivity contribution in [2.75, 3.05) is 26.7 Å². The fourth-order valence-electron chi connectivity index (χ4n) is 3.98. The zero-order valence-electron chi connectivity index (χ0n) is 20.4. The van der Waals surface area contributed by atoms with Crippen LogP contribution in [0.3, 0.4) is 0 Å². The highest BCUT2D eigenvalue weighted by molar-refractivity contribution is 7.89. The van der Waals surface area contributed by atoms with Crippen LogP contribution < -0.4 is 4.74 Å². The molecule has 0 fully saturated rings. The lowest BCUT2D eigenvalue weighted by molar-refractivity contribution is 0.0733. The number of fused-ring (bicyclic) bond motifs is 1. The molecule has 1 aliphatic rings. The van der Waals surface area contributed by atoms with Gasteiger partial charge in [0.05, 0.1) is 6.61 Å². The van der Waals surface area contributed by atoms with E-state index < -0.39 is 16.1 Å². The van der Waals surface area contributed by atoms with Crippen molar-refractivity contribution in [2.24, 2.45) is 5.92 Å². The van der Waals surface area contributed by atoms with Crippen LogP contribution in [0.15, 0.2) is 47.6 Å². The number of aliphatic hydroxyl groups excluding tert-OH is 1. The molecular weight excluding hydrogens is 450 g/mol. The standard InChI is InChI=1S/C26H35N3O4S/c1-5-6-7-8-22-9-10-26-24(15-22)33-25(18-28(4)17-23-11-13-27-14-12-23)20(2)16-29(21(3)19-30)34(26,31)32/h9-15,20-21,25,30H,5-6,16-19H2,1-4H3/t20-,21+,25+/m0/s1. The van der Waals surface area contributed by atoms with Gasteiger partial charge in [0.15, 0.2) is 0 Å². The number of aromatic nitrogens is 1. The summed E-state index contributed by atoms with van der Waals surface area (Å²) >= 11 is 0. The lowest BCUT2D eigenvalue weighted by Crippen LogP contribution is -2.49. The fourth-order valence-corrected chi connectivity index (χ4v) is 5.81. The van der Waals surface area contributed by atoms with E-state index in [4.69, 9.17) is 4.74 Å². The summed E-state index contributed by atoms with van der Waals surface area (Å²) < 4.78 is 34.9. The van der Waals surface area contributed by atoms with Crippen LogP contribution in [0.1, 0.15) is 44.7 Å². The molecule has 2 heterocycles. The van der Waals surface area contributed by atoms with Gasteiger partial charge < -0.3 is 9.84 Å². The van der Waals surface area contributed by atoms with Gasteiger partial charge in [0.1, 0.15) is 16.7 Å². The van der Waals surface area contributed by atoms with Crippen molar-refractivity contribution in [1.82, 2.24) is 14.2 Å². The van der Waals surface area contributed by atoms with Crippen molar-refractivity contribution in [3.05, 3.63) is 53.9 Å². The first kappa shape index (κ1) is 26.2. The van der Waals surface area contributed by atoms with Gasteiger partial charge in [-0.25, -0.2) is 8.42 Å². The van der Waals surface area contributed by atoms with Crippen LogP contribution >= 0.6 is 0 Å². The Labute approximate surface area is 203 Å². The monoisotopic (exact) mass is 485 g/mol. The van der Waals surface area contributed by atoms with Crippen LogP contribution in [0, 0.1) is 17.8 Å². The van der Waals surface area contributed by atoms with Gasteiger partial charge in [0, 0.05) is 56.0 Å². The maximum absolute atomic E-state index is 13.5. The number of pyridine rings is 1. The topological polar surface area (TPSA) is 83.0 Å². The molecule has 0 spiro atoms. The van der Waals surface area contributed by atoms with Gasteiger partial charge in [-0.15, -0.1) is 0 Å². The van der Waals surface area contributed by atoms with Crippen LogP contribution in [-0.4, -0.2) is 66.6 Å². The fraction of sp³-hybridized carbons (Fsp3) is 0.500. The Morgan fingerprint density at radius 3 is 2.71 bits per heavy atom. The minimum Gasteiger partial charge on any atom is -0.487 e. The molecule has 1 aliphatic heterocycles. The van der Waals surface area contributed by atoms with E-state index in [1.807, 2.05) is 26.1 Å². The summed E-state index contributed by atoms with van der Waals surface area (Å²) in [4.78, 5) is 6.35. The average Bonchev–Trinajstić information content (AvgIpc) is 2.81. The minimum atomic E-state index is -3.85. The molecule has 0 radical (unpaired) electrons. The van der Waals surface area contributed by atoms with Gasteiger partial charge in [-0.05, 0) is 56.3 Å². The molecule has 0 amide bonds. The molecular formula is C26H35N3O4S. The van der Waals surface area contributed by atoms with Crippen LogP contribution in [0.25, 0.3) is 0 Å². The summed E-state index contributed by atoms with van der Waals surface area (Å²) in [6, 6.07) is 8.44. The SMILES string of the molecule is CCCC#Cc1ccc2c(c1)O[C@H](CN(C)Cc1ccncc1)[C@@H](C)CN([C@H](C)CO)S2(=O)=O. The van der Waals surface area contributed by atoms with Gasteiger partial charge in [0.2, 0.25) is 10.0 Å². The number of hydrogen-bond acceptors (Lipinski definition) is 6. The Kier molecular flexibility index (Phi) is 9.09. The molecule has 1 aromatic heterocycles. The van der Waals surface area contributed by atoms with Gasteiger partial charge >= 0.3 is 0 Å². The van der Waals surface area contributed by atoms with Crippen molar-refractivity contribution in [3.63, 3.8) is 0 Å². The molecule has 0 aliphatic carbocycles. The molecule has 0 unspecified atom stereocenters. The number of hydrogen-bond donors (Lipinski definition) is 1.